The van der Waals surface area contributed by atoms with E-state index < -0.39 is 0 Å². The van der Waals surface area contributed by atoms with Crippen molar-refractivity contribution in [3.63, 3.8) is 0 Å². The van der Waals surface area contributed by atoms with Crippen molar-refractivity contribution in [2.24, 2.45) is 0 Å². The van der Waals surface area contributed by atoms with Gasteiger partial charge in [-0.05, 0) is 35.7 Å². The lowest BCUT2D eigenvalue weighted by Gasteiger charge is -2.13. The van der Waals surface area contributed by atoms with E-state index in [2.05, 4.69) is 74.4 Å². The Morgan fingerprint density at radius 2 is 1.44 bits per heavy atom. The molecule has 0 N–H and O–H groups in total. The van der Waals surface area contributed by atoms with E-state index >= 15 is 0 Å². The molecule has 2 aromatic rings. The Kier molecular flexibility index (Phi) is 2.95. The standard InChI is InChI=1S/C15H17N/c1-12-6-4-5-7-15(12)13-8-10-14(11-9-13)16(2)3/h4-11H,1-3H3. The molecule has 0 aliphatic rings. The second-order valence-electron chi connectivity index (χ2n) is 4.26. The van der Waals surface area contributed by atoms with Gasteiger partial charge in [-0.15, -0.1) is 0 Å². The third-order valence-electron chi connectivity index (χ3n) is 2.84. The van der Waals surface area contributed by atoms with Crippen LogP contribution in [0.5, 0.6) is 0 Å². The van der Waals surface area contributed by atoms with E-state index in [1.807, 2.05) is 0 Å². The van der Waals surface area contributed by atoms with Crippen molar-refractivity contribution in [1.29, 1.82) is 0 Å². The minimum Gasteiger partial charge on any atom is -0.378 e. The van der Waals surface area contributed by atoms with Gasteiger partial charge in [0.05, 0.1) is 0 Å². The molecule has 16 heavy (non-hydrogen) atoms. The quantitative estimate of drug-likeness (QED) is 0.731. The normalized spacial score (nSPS) is 10.2. The predicted molar refractivity (Wildman–Crippen MR) is 70.9 cm³/mol. The van der Waals surface area contributed by atoms with Crippen molar-refractivity contribution >= 4 is 5.69 Å². The Hall–Kier alpha value is -1.76. The lowest BCUT2D eigenvalue weighted by molar-refractivity contribution is 1.13. The first-order chi connectivity index (χ1) is 7.68. The van der Waals surface area contributed by atoms with E-state index in [1.165, 1.54) is 22.4 Å². The van der Waals surface area contributed by atoms with Crippen molar-refractivity contribution < 1.29 is 0 Å². The van der Waals surface area contributed by atoms with Crippen LogP contribution >= 0.6 is 0 Å². The first-order valence-electron chi connectivity index (χ1n) is 5.52. The molecule has 0 radical (unpaired) electrons. The van der Waals surface area contributed by atoms with Gasteiger partial charge in [0, 0.05) is 19.8 Å². The van der Waals surface area contributed by atoms with Crippen LogP contribution in [0.2, 0.25) is 0 Å². The molecule has 1 nitrogen and oxygen atoms in total. The van der Waals surface area contributed by atoms with Crippen LogP contribution in [0.4, 0.5) is 5.69 Å². The second kappa shape index (κ2) is 4.40. The van der Waals surface area contributed by atoms with Gasteiger partial charge < -0.3 is 4.90 Å². The predicted octanol–water partition coefficient (Wildman–Crippen LogP) is 3.73. The van der Waals surface area contributed by atoms with Gasteiger partial charge in [0.25, 0.3) is 0 Å². The largest absolute Gasteiger partial charge is 0.378 e. The molecule has 82 valence electrons. The van der Waals surface area contributed by atoms with Crippen LogP contribution in [-0.4, -0.2) is 14.1 Å². The maximum absolute atomic E-state index is 2.18. The van der Waals surface area contributed by atoms with Gasteiger partial charge in [0.15, 0.2) is 0 Å². The molecule has 0 aliphatic carbocycles. The average Bonchev–Trinajstić information content (AvgIpc) is 2.30. The molecule has 0 heterocycles. The summed E-state index contributed by atoms with van der Waals surface area (Å²) < 4.78 is 0. The summed E-state index contributed by atoms with van der Waals surface area (Å²) in [6.45, 7) is 2.15. The summed E-state index contributed by atoms with van der Waals surface area (Å²) in [6, 6.07) is 17.1. The van der Waals surface area contributed by atoms with Gasteiger partial charge >= 0.3 is 0 Å². The number of hydrogen-bond acceptors (Lipinski definition) is 1. The molecule has 0 fully saturated rings. The number of aryl methyl sites for hydroxylation is 1. The number of nitrogens with zero attached hydrogens (tertiary/aromatic N) is 1. The van der Waals surface area contributed by atoms with Crippen LogP contribution in [0.15, 0.2) is 48.5 Å². The van der Waals surface area contributed by atoms with Gasteiger partial charge in [0.1, 0.15) is 0 Å². The minimum atomic E-state index is 1.23. The highest BCUT2D eigenvalue weighted by Crippen LogP contribution is 2.24. The average molecular weight is 211 g/mol. The highest BCUT2D eigenvalue weighted by Gasteiger charge is 2.01. The summed E-state index contributed by atoms with van der Waals surface area (Å²) >= 11 is 0. The van der Waals surface area contributed by atoms with E-state index in [9.17, 15) is 0 Å². The molecular formula is C15H17N. The van der Waals surface area contributed by atoms with Crippen molar-refractivity contribution in [3.8, 4) is 11.1 Å². The Morgan fingerprint density at radius 3 is 2.00 bits per heavy atom. The molecule has 0 amide bonds. The summed E-state index contributed by atoms with van der Waals surface area (Å²) in [6.07, 6.45) is 0. The second-order valence-corrected chi connectivity index (χ2v) is 4.26. The van der Waals surface area contributed by atoms with Crippen molar-refractivity contribution in [2.45, 2.75) is 6.92 Å². The lowest BCUT2D eigenvalue weighted by Crippen LogP contribution is -2.07. The summed E-state index contributed by atoms with van der Waals surface area (Å²) in [5.74, 6) is 0. The first kappa shape index (κ1) is 10.7. The number of hydrogen-bond donors (Lipinski definition) is 0. The lowest BCUT2D eigenvalue weighted by atomic mass is 10.0. The molecule has 0 spiro atoms. The molecule has 0 unspecified atom stereocenters. The molecule has 0 aromatic heterocycles. The van der Waals surface area contributed by atoms with E-state index in [0.717, 1.165) is 0 Å². The molecule has 2 aromatic carbocycles. The van der Waals surface area contributed by atoms with Crippen molar-refractivity contribution in [3.05, 3.63) is 54.1 Å². The van der Waals surface area contributed by atoms with Crippen LogP contribution in [0, 0.1) is 6.92 Å². The van der Waals surface area contributed by atoms with Gasteiger partial charge in [-0.25, -0.2) is 0 Å². The van der Waals surface area contributed by atoms with Gasteiger partial charge in [-0.1, -0.05) is 36.4 Å². The minimum absolute atomic E-state index is 1.23. The summed E-state index contributed by atoms with van der Waals surface area (Å²) in [5, 5.41) is 0. The zero-order chi connectivity index (χ0) is 11.5. The molecule has 2 rings (SSSR count). The molecule has 0 atom stereocenters. The van der Waals surface area contributed by atoms with E-state index in [4.69, 9.17) is 0 Å². The number of benzene rings is 2. The fourth-order valence-electron chi connectivity index (χ4n) is 1.84. The van der Waals surface area contributed by atoms with Crippen LogP contribution in [-0.2, 0) is 0 Å². The third kappa shape index (κ3) is 2.08. The zero-order valence-electron chi connectivity index (χ0n) is 10.1. The van der Waals surface area contributed by atoms with Gasteiger partial charge in [-0.3, -0.25) is 0 Å². The van der Waals surface area contributed by atoms with Crippen LogP contribution in [0.1, 0.15) is 5.56 Å². The van der Waals surface area contributed by atoms with Crippen LogP contribution < -0.4 is 4.90 Å². The van der Waals surface area contributed by atoms with E-state index in [0.29, 0.717) is 0 Å². The van der Waals surface area contributed by atoms with Gasteiger partial charge in [-0.2, -0.15) is 0 Å². The van der Waals surface area contributed by atoms with Crippen molar-refractivity contribution in [2.75, 3.05) is 19.0 Å². The molecule has 0 saturated heterocycles. The molecular weight excluding hydrogens is 194 g/mol. The molecule has 0 bridgehead atoms. The highest BCUT2D eigenvalue weighted by molar-refractivity contribution is 5.69. The fraction of sp³-hybridized carbons (Fsp3) is 0.200. The summed E-state index contributed by atoms with van der Waals surface area (Å²) in [4.78, 5) is 2.11. The maximum atomic E-state index is 2.18. The smallest absolute Gasteiger partial charge is 0.0361 e. The van der Waals surface area contributed by atoms with E-state index in [-0.39, 0.29) is 0 Å². The first-order valence-corrected chi connectivity index (χ1v) is 5.52. The van der Waals surface area contributed by atoms with Crippen LogP contribution in [0.25, 0.3) is 11.1 Å². The van der Waals surface area contributed by atoms with E-state index in [1.54, 1.807) is 0 Å². The Morgan fingerprint density at radius 1 is 0.812 bits per heavy atom. The molecule has 0 aliphatic heterocycles. The zero-order valence-corrected chi connectivity index (χ0v) is 10.1. The third-order valence-corrected chi connectivity index (χ3v) is 2.84. The number of anilines is 1. The Labute approximate surface area is 97.3 Å². The fourth-order valence-corrected chi connectivity index (χ4v) is 1.84. The summed E-state index contributed by atoms with van der Waals surface area (Å²) in [7, 11) is 4.12. The SMILES string of the molecule is Cc1ccccc1-c1ccc(N(C)C)cc1. The monoisotopic (exact) mass is 211 g/mol. The summed E-state index contributed by atoms with van der Waals surface area (Å²) in [5.41, 5.74) is 5.15. The topological polar surface area (TPSA) is 3.24 Å². The molecule has 1 heteroatoms. The van der Waals surface area contributed by atoms with Crippen molar-refractivity contribution in [1.82, 2.24) is 0 Å². The highest BCUT2D eigenvalue weighted by atomic mass is 15.1. The maximum Gasteiger partial charge on any atom is 0.0361 e. The Balaban J connectivity index is 2.39. The molecule has 0 saturated carbocycles. The number of rotatable bonds is 2. The Bertz CT molecular complexity index is 469. The van der Waals surface area contributed by atoms with Crippen LogP contribution in [0.3, 0.4) is 0 Å². The van der Waals surface area contributed by atoms with Gasteiger partial charge in [0.2, 0.25) is 0 Å².